The van der Waals surface area contributed by atoms with Crippen LogP contribution < -0.4 is 5.32 Å². The number of carboxylic acids is 1. The van der Waals surface area contributed by atoms with E-state index in [-0.39, 0.29) is 11.8 Å². The fourth-order valence-corrected chi connectivity index (χ4v) is 2.62. The number of hydrogen-bond donors (Lipinski definition) is 2. The first-order valence-electron chi connectivity index (χ1n) is 5.95. The van der Waals surface area contributed by atoms with Crippen molar-refractivity contribution in [1.82, 2.24) is 14.8 Å². The number of aliphatic carboxylic acids is 1. The maximum Gasteiger partial charge on any atom is 0.307 e. The third-order valence-electron chi connectivity index (χ3n) is 3.55. The Bertz CT molecular complexity index is 416. The maximum atomic E-state index is 11.3. The molecule has 1 aromatic rings. The summed E-state index contributed by atoms with van der Waals surface area (Å²) in [7, 11) is 3.65. The summed E-state index contributed by atoms with van der Waals surface area (Å²) < 4.78 is 1.85. The zero-order valence-electron chi connectivity index (χ0n) is 10.2. The number of anilines is 1. The summed E-state index contributed by atoms with van der Waals surface area (Å²) in [5, 5.41) is 20.3. The zero-order chi connectivity index (χ0) is 12.4. The molecule has 1 fully saturated rings. The van der Waals surface area contributed by atoms with Crippen LogP contribution in [0.5, 0.6) is 0 Å². The number of nitrogens with zero attached hydrogens (tertiary/aromatic N) is 3. The van der Waals surface area contributed by atoms with E-state index >= 15 is 0 Å². The molecule has 1 aliphatic rings. The Labute approximate surface area is 100 Å². The standard InChI is InChI=1S/C11H18N4O2/c1-12-11-14-13-9(15(11)2)7-5-3-4-6-8(7)10(16)17/h7-8H,3-6H2,1-2H3,(H,12,14)(H,16,17). The molecule has 2 rings (SSSR count). The second-order valence-electron chi connectivity index (χ2n) is 4.53. The fourth-order valence-electron chi connectivity index (χ4n) is 2.62. The van der Waals surface area contributed by atoms with Gasteiger partial charge in [-0.15, -0.1) is 10.2 Å². The van der Waals surface area contributed by atoms with Crippen LogP contribution in [0.1, 0.15) is 37.4 Å². The quantitative estimate of drug-likeness (QED) is 0.827. The van der Waals surface area contributed by atoms with Crippen molar-refractivity contribution in [3.8, 4) is 0 Å². The molecule has 6 nitrogen and oxygen atoms in total. The molecule has 0 spiro atoms. The third-order valence-corrected chi connectivity index (χ3v) is 3.55. The molecule has 6 heteroatoms. The maximum absolute atomic E-state index is 11.3. The summed E-state index contributed by atoms with van der Waals surface area (Å²) >= 11 is 0. The van der Waals surface area contributed by atoms with E-state index in [4.69, 9.17) is 0 Å². The summed E-state index contributed by atoms with van der Waals surface area (Å²) in [5.41, 5.74) is 0. The van der Waals surface area contributed by atoms with Crippen molar-refractivity contribution in [2.24, 2.45) is 13.0 Å². The van der Waals surface area contributed by atoms with E-state index in [9.17, 15) is 9.90 Å². The van der Waals surface area contributed by atoms with Gasteiger partial charge >= 0.3 is 5.97 Å². The van der Waals surface area contributed by atoms with E-state index in [0.717, 1.165) is 31.5 Å². The molecule has 2 unspecified atom stereocenters. The predicted molar refractivity (Wildman–Crippen MR) is 62.9 cm³/mol. The zero-order valence-corrected chi connectivity index (χ0v) is 10.2. The normalized spacial score (nSPS) is 24.6. The molecule has 1 aliphatic carbocycles. The second-order valence-corrected chi connectivity index (χ2v) is 4.53. The minimum Gasteiger partial charge on any atom is -0.481 e. The van der Waals surface area contributed by atoms with Crippen LogP contribution in [0.25, 0.3) is 0 Å². The SMILES string of the molecule is CNc1nnc(C2CCCCC2C(=O)O)n1C. The predicted octanol–water partition coefficient (Wildman–Crippen LogP) is 1.22. The van der Waals surface area contributed by atoms with E-state index in [0.29, 0.717) is 5.95 Å². The van der Waals surface area contributed by atoms with Gasteiger partial charge in [-0.2, -0.15) is 0 Å². The van der Waals surface area contributed by atoms with Crippen LogP contribution in [0.3, 0.4) is 0 Å². The van der Waals surface area contributed by atoms with Crippen LogP contribution in [0.4, 0.5) is 5.95 Å². The van der Waals surface area contributed by atoms with Crippen LogP contribution in [0.2, 0.25) is 0 Å². The van der Waals surface area contributed by atoms with Gasteiger partial charge in [-0.3, -0.25) is 4.79 Å². The van der Waals surface area contributed by atoms with Crippen molar-refractivity contribution >= 4 is 11.9 Å². The monoisotopic (exact) mass is 238 g/mol. The van der Waals surface area contributed by atoms with Crippen molar-refractivity contribution in [2.75, 3.05) is 12.4 Å². The number of rotatable bonds is 3. The van der Waals surface area contributed by atoms with Crippen LogP contribution in [-0.4, -0.2) is 32.9 Å². The van der Waals surface area contributed by atoms with Crippen LogP contribution in [0, 0.1) is 5.92 Å². The van der Waals surface area contributed by atoms with Crippen molar-refractivity contribution in [2.45, 2.75) is 31.6 Å². The lowest BCUT2D eigenvalue weighted by Gasteiger charge is -2.27. The van der Waals surface area contributed by atoms with E-state index in [2.05, 4.69) is 15.5 Å². The van der Waals surface area contributed by atoms with Gasteiger partial charge in [0, 0.05) is 20.0 Å². The third kappa shape index (κ3) is 2.11. The summed E-state index contributed by atoms with van der Waals surface area (Å²) in [6.45, 7) is 0. The molecule has 0 saturated heterocycles. The number of nitrogens with one attached hydrogen (secondary N) is 1. The molecule has 0 radical (unpaired) electrons. The molecule has 17 heavy (non-hydrogen) atoms. The molecule has 0 bridgehead atoms. The minimum atomic E-state index is -0.719. The van der Waals surface area contributed by atoms with E-state index in [1.807, 2.05) is 11.6 Å². The molecule has 0 aliphatic heterocycles. The Morgan fingerprint density at radius 2 is 2.12 bits per heavy atom. The highest BCUT2D eigenvalue weighted by atomic mass is 16.4. The number of carbonyl (C=O) groups is 1. The number of carboxylic acid groups (broad SMARTS) is 1. The topological polar surface area (TPSA) is 80.0 Å². The average Bonchev–Trinajstić information content (AvgIpc) is 2.70. The molecule has 94 valence electrons. The second kappa shape index (κ2) is 4.73. The van der Waals surface area contributed by atoms with Gasteiger partial charge in [0.25, 0.3) is 0 Å². The molecule has 0 aromatic carbocycles. The highest BCUT2D eigenvalue weighted by Crippen LogP contribution is 2.37. The Kier molecular flexibility index (Phi) is 3.31. The minimum absolute atomic E-state index is 0.0131. The van der Waals surface area contributed by atoms with Crippen LogP contribution in [-0.2, 0) is 11.8 Å². The smallest absolute Gasteiger partial charge is 0.307 e. The van der Waals surface area contributed by atoms with Gasteiger partial charge in [-0.25, -0.2) is 0 Å². The molecule has 2 atom stereocenters. The van der Waals surface area contributed by atoms with Crippen LogP contribution in [0.15, 0.2) is 0 Å². The van der Waals surface area contributed by atoms with Gasteiger partial charge in [0.2, 0.25) is 5.95 Å². The molecular formula is C11H18N4O2. The molecule has 1 heterocycles. The molecular weight excluding hydrogens is 220 g/mol. The lowest BCUT2D eigenvalue weighted by atomic mass is 9.79. The largest absolute Gasteiger partial charge is 0.481 e. The first kappa shape index (κ1) is 11.9. The number of aromatic nitrogens is 3. The first-order chi connectivity index (χ1) is 8.15. The summed E-state index contributed by atoms with van der Waals surface area (Å²) in [4.78, 5) is 11.3. The summed E-state index contributed by atoms with van der Waals surface area (Å²) in [5.74, 6) is 0.400. The lowest BCUT2D eigenvalue weighted by Crippen LogP contribution is -2.27. The van der Waals surface area contributed by atoms with Gasteiger partial charge in [0.1, 0.15) is 5.82 Å². The van der Waals surface area contributed by atoms with Gasteiger partial charge in [0.15, 0.2) is 0 Å². The molecule has 0 amide bonds. The Morgan fingerprint density at radius 3 is 2.71 bits per heavy atom. The van der Waals surface area contributed by atoms with Gasteiger partial charge in [0.05, 0.1) is 5.92 Å². The van der Waals surface area contributed by atoms with Gasteiger partial charge < -0.3 is 15.0 Å². The number of hydrogen-bond acceptors (Lipinski definition) is 4. The van der Waals surface area contributed by atoms with Gasteiger partial charge in [-0.1, -0.05) is 12.8 Å². The molecule has 1 saturated carbocycles. The Hall–Kier alpha value is -1.59. The average molecular weight is 238 g/mol. The summed E-state index contributed by atoms with van der Waals surface area (Å²) in [6.07, 6.45) is 3.68. The van der Waals surface area contributed by atoms with Crippen molar-refractivity contribution in [1.29, 1.82) is 0 Å². The Morgan fingerprint density at radius 1 is 1.41 bits per heavy atom. The van der Waals surface area contributed by atoms with Crippen molar-refractivity contribution in [3.63, 3.8) is 0 Å². The van der Waals surface area contributed by atoms with Crippen molar-refractivity contribution in [3.05, 3.63) is 5.82 Å². The van der Waals surface area contributed by atoms with Gasteiger partial charge in [-0.05, 0) is 12.8 Å². The highest BCUT2D eigenvalue weighted by Gasteiger charge is 2.35. The van der Waals surface area contributed by atoms with E-state index < -0.39 is 5.97 Å². The summed E-state index contributed by atoms with van der Waals surface area (Å²) in [6, 6.07) is 0. The van der Waals surface area contributed by atoms with Crippen LogP contribution >= 0.6 is 0 Å². The fraction of sp³-hybridized carbons (Fsp3) is 0.727. The lowest BCUT2D eigenvalue weighted by molar-refractivity contribution is -0.143. The highest BCUT2D eigenvalue weighted by molar-refractivity contribution is 5.71. The molecule has 1 aromatic heterocycles. The van der Waals surface area contributed by atoms with Crippen molar-refractivity contribution < 1.29 is 9.90 Å². The van der Waals surface area contributed by atoms with E-state index in [1.165, 1.54) is 0 Å². The van der Waals surface area contributed by atoms with E-state index in [1.54, 1.807) is 7.05 Å². The Balaban J connectivity index is 2.29. The first-order valence-corrected chi connectivity index (χ1v) is 5.95. The molecule has 2 N–H and O–H groups in total.